The Morgan fingerprint density at radius 2 is 1.70 bits per heavy atom. The summed E-state index contributed by atoms with van der Waals surface area (Å²) in [5, 5.41) is 2.90. The molecule has 2 aliphatic carbocycles. The van der Waals surface area contributed by atoms with Crippen LogP contribution in [0.4, 0.5) is 0 Å². The number of amides is 2. The van der Waals surface area contributed by atoms with Crippen molar-refractivity contribution in [3.05, 3.63) is 0 Å². The van der Waals surface area contributed by atoms with Crippen LogP contribution >= 0.6 is 12.4 Å². The standard InChI is InChI=1S/C17H31N3O2.ClH/c1-17(2,3)19-14(21)10-20(4)16(22)13-8-11-6-5-7-12(9-13)15(11)18;/h11-13,15H,5-10,18H2,1-4H3,(H,19,21);1H. The first kappa shape index (κ1) is 20.2. The Bertz CT molecular complexity index is 422. The fraction of sp³-hybridized carbons (Fsp3) is 0.882. The monoisotopic (exact) mass is 345 g/mol. The number of nitrogens with two attached hydrogens (primary N) is 1. The summed E-state index contributed by atoms with van der Waals surface area (Å²) >= 11 is 0. The van der Waals surface area contributed by atoms with Crippen LogP contribution in [0.2, 0.25) is 0 Å². The molecule has 0 aromatic heterocycles. The fourth-order valence-corrected chi connectivity index (χ4v) is 4.05. The van der Waals surface area contributed by atoms with Crippen molar-refractivity contribution >= 4 is 24.2 Å². The number of carbonyl (C=O) groups excluding carboxylic acids is 2. The molecule has 23 heavy (non-hydrogen) atoms. The second-order valence-corrected chi connectivity index (χ2v) is 8.19. The first-order valence-corrected chi connectivity index (χ1v) is 8.49. The van der Waals surface area contributed by atoms with Gasteiger partial charge in [-0.3, -0.25) is 9.59 Å². The number of nitrogens with zero attached hydrogens (tertiary/aromatic N) is 1. The van der Waals surface area contributed by atoms with Crippen molar-refractivity contribution in [3.8, 4) is 0 Å². The molecule has 2 unspecified atom stereocenters. The number of hydrogen-bond acceptors (Lipinski definition) is 3. The van der Waals surface area contributed by atoms with E-state index in [1.54, 1.807) is 11.9 Å². The molecule has 2 fully saturated rings. The zero-order chi connectivity index (χ0) is 16.5. The Kier molecular flexibility index (Phi) is 6.90. The first-order chi connectivity index (χ1) is 10.2. The van der Waals surface area contributed by atoms with Gasteiger partial charge in [-0.1, -0.05) is 6.42 Å². The Hall–Kier alpha value is -0.810. The van der Waals surface area contributed by atoms with E-state index in [0.717, 1.165) is 25.7 Å². The molecule has 134 valence electrons. The number of carbonyl (C=O) groups is 2. The van der Waals surface area contributed by atoms with Crippen molar-refractivity contribution in [2.45, 2.75) is 64.5 Å². The van der Waals surface area contributed by atoms with Gasteiger partial charge < -0.3 is 16.0 Å². The summed E-state index contributed by atoms with van der Waals surface area (Å²) in [6, 6.07) is 0.271. The minimum atomic E-state index is -0.268. The summed E-state index contributed by atoms with van der Waals surface area (Å²) in [4.78, 5) is 26.2. The highest BCUT2D eigenvalue weighted by Crippen LogP contribution is 2.42. The van der Waals surface area contributed by atoms with Gasteiger partial charge in [0.05, 0.1) is 6.54 Å². The van der Waals surface area contributed by atoms with Gasteiger partial charge >= 0.3 is 0 Å². The maximum Gasteiger partial charge on any atom is 0.240 e. The van der Waals surface area contributed by atoms with Crippen molar-refractivity contribution in [3.63, 3.8) is 0 Å². The number of likely N-dealkylation sites (N-methyl/N-ethyl adjacent to an activating group) is 1. The van der Waals surface area contributed by atoms with Crippen LogP contribution in [0.5, 0.6) is 0 Å². The normalized spacial score (nSPS) is 30.1. The Labute approximate surface area is 146 Å². The van der Waals surface area contributed by atoms with Gasteiger partial charge in [-0.2, -0.15) is 0 Å². The number of hydrogen-bond donors (Lipinski definition) is 2. The van der Waals surface area contributed by atoms with Gasteiger partial charge in [0.1, 0.15) is 0 Å². The molecule has 0 aromatic carbocycles. The van der Waals surface area contributed by atoms with Gasteiger partial charge in [0.2, 0.25) is 11.8 Å². The predicted octanol–water partition coefficient (Wildman–Crippen LogP) is 1.93. The fourth-order valence-electron chi connectivity index (χ4n) is 4.05. The molecule has 0 aliphatic heterocycles. The van der Waals surface area contributed by atoms with E-state index in [0.29, 0.717) is 11.8 Å². The zero-order valence-corrected chi connectivity index (χ0v) is 15.6. The Morgan fingerprint density at radius 1 is 1.17 bits per heavy atom. The summed E-state index contributed by atoms with van der Waals surface area (Å²) in [6.45, 7) is 5.96. The lowest BCUT2D eigenvalue weighted by atomic mass is 9.65. The van der Waals surface area contributed by atoms with Crippen LogP contribution in [0.3, 0.4) is 0 Å². The van der Waals surface area contributed by atoms with Crippen molar-refractivity contribution in [1.82, 2.24) is 10.2 Å². The highest BCUT2D eigenvalue weighted by Gasteiger charge is 2.41. The highest BCUT2D eigenvalue weighted by molar-refractivity contribution is 5.86. The summed E-state index contributed by atoms with van der Waals surface area (Å²) in [7, 11) is 1.73. The van der Waals surface area contributed by atoms with E-state index in [1.165, 1.54) is 6.42 Å². The Balaban J connectivity index is 0.00000264. The SMILES string of the molecule is CN(CC(=O)NC(C)(C)C)C(=O)C1CC2CCCC(C1)C2N.Cl. The second kappa shape index (κ2) is 7.84. The number of fused-ring (bicyclic) bond motifs is 2. The number of rotatable bonds is 3. The molecular weight excluding hydrogens is 314 g/mol. The molecule has 2 aliphatic rings. The van der Waals surface area contributed by atoms with Crippen molar-refractivity contribution in [1.29, 1.82) is 0 Å². The molecule has 2 amide bonds. The second-order valence-electron chi connectivity index (χ2n) is 8.19. The third-order valence-electron chi connectivity index (χ3n) is 5.03. The third-order valence-corrected chi connectivity index (χ3v) is 5.03. The maximum absolute atomic E-state index is 12.6. The summed E-state index contributed by atoms with van der Waals surface area (Å²) < 4.78 is 0. The van der Waals surface area contributed by atoms with Crippen LogP contribution in [-0.2, 0) is 9.59 Å². The number of nitrogens with one attached hydrogen (secondary N) is 1. The average Bonchev–Trinajstić information content (AvgIpc) is 2.34. The molecule has 0 heterocycles. The minimum Gasteiger partial charge on any atom is -0.350 e. The molecule has 0 saturated heterocycles. The molecule has 2 saturated carbocycles. The highest BCUT2D eigenvalue weighted by atomic mass is 35.5. The van der Waals surface area contributed by atoms with Gasteiger partial charge in [0.25, 0.3) is 0 Å². The van der Waals surface area contributed by atoms with Crippen molar-refractivity contribution in [2.75, 3.05) is 13.6 Å². The topological polar surface area (TPSA) is 75.4 Å². The van der Waals surface area contributed by atoms with Gasteiger partial charge in [0.15, 0.2) is 0 Å². The summed E-state index contributed by atoms with van der Waals surface area (Å²) in [5.74, 6) is 1.02. The lowest BCUT2D eigenvalue weighted by molar-refractivity contribution is -0.140. The van der Waals surface area contributed by atoms with Gasteiger partial charge in [-0.25, -0.2) is 0 Å². The smallest absolute Gasteiger partial charge is 0.240 e. The molecule has 0 radical (unpaired) electrons. The van der Waals surface area contributed by atoms with E-state index in [9.17, 15) is 9.59 Å². The quantitative estimate of drug-likeness (QED) is 0.820. The van der Waals surface area contributed by atoms with E-state index in [1.807, 2.05) is 20.8 Å². The van der Waals surface area contributed by atoms with E-state index >= 15 is 0 Å². The first-order valence-electron chi connectivity index (χ1n) is 8.49. The van der Waals surface area contributed by atoms with E-state index in [2.05, 4.69) is 5.32 Å². The predicted molar refractivity (Wildman–Crippen MR) is 94.3 cm³/mol. The van der Waals surface area contributed by atoms with Gasteiger partial charge in [-0.15, -0.1) is 12.4 Å². The molecular formula is C17H32ClN3O2. The molecule has 2 bridgehead atoms. The van der Waals surface area contributed by atoms with Crippen LogP contribution < -0.4 is 11.1 Å². The van der Waals surface area contributed by atoms with Gasteiger partial charge in [-0.05, 0) is 58.3 Å². The van der Waals surface area contributed by atoms with Crippen LogP contribution in [-0.4, -0.2) is 41.9 Å². The van der Waals surface area contributed by atoms with Crippen molar-refractivity contribution in [2.24, 2.45) is 23.5 Å². The molecule has 6 heteroatoms. The average molecular weight is 346 g/mol. The summed E-state index contributed by atoms with van der Waals surface area (Å²) in [5.41, 5.74) is 6.02. The van der Waals surface area contributed by atoms with Crippen LogP contribution in [0, 0.1) is 17.8 Å². The molecule has 5 nitrogen and oxygen atoms in total. The maximum atomic E-state index is 12.6. The van der Waals surface area contributed by atoms with E-state index in [-0.39, 0.29) is 48.3 Å². The van der Waals surface area contributed by atoms with Crippen LogP contribution in [0.15, 0.2) is 0 Å². The molecule has 2 atom stereocenters. The van der Waals surface area contributed by atoms with Gasteiger partial charge in [0, 0.05) is 24.5 Å². The van der Waals surface area contributed by atoms with Crippen LogP contribution in [0.1, 0.15) is 52.9 Å². The zero-order valence-electron chi connectivity index (χ0n) is 14.8. The third kappa shape index (κ3) is 5.35. The molecule has 0 aromatic rings. The Morgan fingerprint density at radius 3 is 2.17 bits per heavy atom. The largest absolute Gasteiger partial charge is 0.350 e. The molecule has 3 N–H and O–H groups in total. The lowest BCUT2D eigenvalue weighted by Gasteiger charge is -2.44. The van der Waals surface area contributed by atoms with E-state index in [4.69, 9.17) is 5.73 Å². The lowest BCUT2D eigenvalue weighted by Crippen LogP contribution is -2.51. The number of halogens is 1. The minimum absolute atomic E-state index is 0. The van der Waals surface area contributed by atoms with E-state index < -0.39 is 0 Å². The molecule has 2 rings (SSSR count). The van der Waals surface area contributed by atoms with Crippen molar-refractivity contribution < 1.29 is 9.59 Å². The molecule has 0 spiro atoms. The summed E-state index contributed by atoms with van der Waals surface area (Å²) in [6.07, 6.45) is 5.32. The van der Waals surface area contributed by atoms with Crippen LogP contribution in [0.25, 0.3) is 0 Å².